The normalized spacial score (nSPS) is 10.8. The zero-order chi connectivity index (χ0) is 48.9. The molecule has 0 aliphatic rings. The number of aliphatic hydroxyl groups is 2. The topological polar surface area (TPSA) is 273 Å². The van der Waals surface area contributed by atoms with E-state index in [0.717, 1.165) is 39.2 Å². The van der Waals surface area contributed by atoms with Crippen LogP contribution in [0.25, 0.3) is 0 Å². The quantitative estimate of drug-likeness (QED) is 0.0813. The summed E-state index contributed by atoms with van der Waals surface area (Å²) in [6.45, 7) is 6.77. The van der Waals surface area contributed by atoms with Crippen molar-refractivity contribution in [3.8, 4) is 0 Å². The third-order valence-electron chi connectivity index (χ3n) is 8.45. The molecular formula is C38H74N10O13. The van der Waals surface area contributed by atoms with Gasteiger partial charge in [-0.15, -0.1) is 0 Å². The Hall–Kier alpha value is -5.42. The minimum absolute atomic E-state index is 0.00963. The number of aliphatic carboxylic acids is 1. The zero-order valence-corrected chi connectivity index (χ0v) is 39.2. The van der Waals surface area contributed by atoms with E-state index in [4.69, 9.17) is 5.11 Å². The van der Waals surface area contributed by atoms with Gasteiger partial charge in [0, 0.05) is 63.4 Å². The Morgan fingerprint density at radius 2 is 0.623 bits per heavy atom. The third-order valence-corrected chi connectivity index (χ3v) is 8.45. The molecule has 23 nitrogen and oxygen atoms in total. The monoisotopic (exact) mass is 879 g/mol. The van der Waals surface area contributed by atoms with Crippen LogP contribution in [-0.2, 0) is 47.9 Å². The van der Waals surface area contributed by atoms with Gasteiger partial charge >= 0.3 is 5.97 Å². The predicted octanol–water partition coefficient (Wildman–Crippen LogP) is -3.78. The molecule has 2 atom stereocenters. The first-order chi connectivity index (χ1) is 28.4. The molecule has 0 aliphatic heterocycles. The lowest BCUT2D eigenvalue weighted by atomic mass is 10.2. The molecule has 23 heteroatoms. The van der Waals surface area contributed by atoms with Gasteiger partial charge in [0.2, 0.25) is 53.2 Å². The molecule has 0 radical (unpaired) electrons. The van der Waals surface area contributed by atoms with Crippen LogP contribution < -0.4 is 5.32 Å². The second-order valence-electron chi connectivity index (χ2n) is 13.0. The minimum atomic E-state index is -1.44. The van der Waals surface area contributed by atoms with Crippen LogP contribution in [0.4, 0.5) is 0 Å². The Balaban J connectivity index is -0.00000258. The van der Waals surface area contributed by atoms with Gasteiger partial charge in [-0.3, -0.25) is 47.9 Å². The third kappa shape index (κ3) is 22.7. The van der Waals surface area contributed by atoms with Gasteiger partial charge in [0.1, 0.15) is 18.6 Å². The molecular weight excluding hydrogens is 804 g/mol. The molecule has 0 heterocycles. The summed E-state index contributed by atoms with van der Waals surface area (Å²) in [7, 11) is 13.0. The first-order valence-electron chi connectivity index (χ1n) is 19.7. The second kappa shape index (κ2) is 33.3. The number of nitrogens with one attached hydrogen (secondary N) is 1. The molecule has 0 fully saturated rings. The maximum atomic E-state index is 13.2. The molecule has 354 valence electrons. The number of likely N-dealkylation sites (N-methyl/N-ethyl adjacent to an activating group) is 10. The largest absolute Gasteiger partial charge is 0.480 e. The van der Waals surface area contributed by atoms with Crippen LogP contribution in [0.5, 0.6) is 0 Å². The van der Waals surface area contributed by atoms with Crippen molar-refractivity contribution in [3.05, 3.63) is 0 Å². The fourth-order valence-electron chi connectivity index (χ4n) is 4.60. The average Bonchev–Trinajstić information content (AvgIpc) is 3.22. The standard InChI is InChI=1S/C32H56N10O13.3C2H6/c1-33-11-23(45)34(2)12-24(46)36(4)16-28(50)41(9)21(19-43)31(54)39(7)14-26(48)35(3)13-25(47)37(5)17-29(51)42(10)22(20-44)32(55)40(8)15-27(49)38(6)18-30(52)53;3*1-2/h21-22,33,43-44H,11-20H2,1-10H3,(H,52,53);3*1-2H3. The Labute approximate surface area is 361 Å². The smallest absolute Gasteiger partial charge is 0.323 e. The average molecular weight is 879 g/mol. The summed E-state index contributed by atoms with van der Waals surface area (Å²) in [6.07, 6.45) is 0. The molecule has 0 rings (SSSR count). The molecule has 0 aromatic rings. The number of carbonyl (C=O) groups is 10. The molecule has 0 aromatic carbocycles. The number of aliphatic hydroxyl groups excluding tert-OH is 2. The van der Waals surface area contributed by atoms with Gasteiger partial charge in [-0.25, -0.2) is 0 Å². The fourth-order valence-corrected chi connectivity index (χ4v) is 4.60. The molecule has 4 N–H and O–H groups in total. The van der Waals surface area contributed by atoms with E-state index in [1.807, 2.05) is 41.5 Å². The van der Waals surface area contributed by atoms with Crippen molar-refractivity contribution in [2.75, 3.05) is 136 Å². The van der Waals surface area contributed by atoms with Crippen LogP contribution in [-0.4, -0.2) is 267 Å². The lowest BCUT2D eigenvalue weighted by molar-refractivity contribution is -0.151. The summed E-state index contributed by atoms with van der Waals surface area (Å²) in [5.74, 6) is -7.42. The van der Waals surface area contributed by atoms with E-state index in [-0.39, 0.29) is 19.0 Å². The van der Waals surface area contributed by atoms with Crippen LogP contribution in [0.2, 0.25) is 0 Å². The SMILES string of the molecule is CC.CC.CC.CNCC(=O)N(C)CC(=O)N(C)CC(=O)N(C)C(CO)C(=O)N(C)CC(=O)N(C)CC(=O)N(C)CC(=O)N(C)C(CO)C(=O)N(C)CC(=O)N(C)CC(=O)O. The van der Waals surface area contributed by atoms with Gasteiger partial charge in [0.05, 0.1) is 59.0 Å². The highest BCUT2D eigenvalue weighted by Gasteiger charge is 2.33. The van der Waals surface area contributed by atoms with Crippen molar-refractivity contribution in [3.63, 3.8) is 0 Å². The van der Waals surface area contributed by atoms with Crippen molar-refractivity contribution in [1.82, 2.24) is 49.4 Å². The van der Waals surface area contributed by atoms with Crippen molar-refractivity contribution in [2.24, 2.45) is 0 Å². The number of hydrogen-bond donors (Lipinski definition) is 4. The van der Waals surface area contributed by atoms with Gasteiger partial charge in [-0.2, -0.15) is 0 Å². The maximum Gasteiger partial charge on any atom is 0.323 e. The van der Waals surface area contributed by atoms with Crippen LogP contribution in [0.15, 0.2) is 0 Å². The number of hydrogen-bond acceptors (Lipinski definition) is 13. The first-order valence-corrected chi connectivity index (χ1v) is 19.7. The predicted molar refractivity (Wildman–Crippen MR) is 226 cm³/mol. The Bertz CT molecular complexity index is 1430. The Kier molecular flexibility index (Phi) is 34.0. The van der Waals surface area contributed by atoms with Gasteiger partial charge in [-0.05, 0) is 7.05 Å². The lowest BCUT2D eigenvalue weighted by Gasteiger charge is -2.32. The highest BCUT2D eigenvalue weighted by Crippen LogP contribution is 2.07. The Morgan fingerprint density at radius 3 is 0.869 bits per heavy atom. The van der Waals surface area contributed by atoms with Gasteiger partial charge in [-0.1, -0.05) is 41.5 Å². The van der Waals surface area contributed by atoms with E-state index < -0.39 is 118 Å². The number of carboxylic acid groups (broad SMARTS) is 1. The fraction of sp³-hybridized carbons (Fsp3) is 0.737. The van der Waals surface area contributed by atoms with Crippen molar-refractivity contribution >= 4 is 59.1 Å². The number of carbonyl (C=O) groups excluding carboxylic acids is 9. The number of nitrogens with zero attached hydrogens (tertiary/aromatic N) is 9. The molecule has 0 aromatic heterocycles. The molecule has 0 bridgehead atoms. The van der Waals surface area contributed by atoms with Crippen molar-refractivity contribution in [1.29, 1.82) is 0 Å². The number of carboxylic acids is 1. The van der Waals surface area contributed by atoms with E-state index in [1.165, 1.54) is 68.3 Å². The molecule has 2 unspecified atom stereocenters. The summed E-state index contributed by atoms with van der Waals surface area (Å²) in [5, 5.41) is 31.3. The van der Waals surface area contributed by atoms with E-state index >= 15 is 0 Å². The van der Waals surface area contributed by atoms with Crippen molar-refractivity contribution < 1.29 is 63.3 Å². The zero-order valence-electron chi connectivity index (χ0n) is 39.2. The molecule has 0 saturated carbocycles. The van der Waals surface area contributed by atoms with E-state index in [0.29, 0.717) is 0 Å². The highest BCUT2D eigenvalue weighted by molar-refractivity contribution is 5.95. The van der Waals surface area contributed by atoms with Crippen LogP contribution in [0, 0.1) is 0 Å². The molecule has 0 aliphatic carbocycles. The van der Waals surface area contributed by atoms with Crippen LogP contribution in [0.1, 0.15) is 41.5 Å². The summed E-state index contributed by atoms with van der Waals surface area (Å²) < 4.78 is 0. The summed E-state index contributed by atoms with van der Waals surface area (Å²) in [4.78, 5) is 134. The van der Waals surface area contributed by atoms with Crippen LogP contribution in [0.3, 0.4) is 0 Å². The molecule has 9 amide bonds. The van der Waals surface area contributed by atoms with E-state index in [2.05, 4.69) is 5.32 Å². The van der Waals surface area contributed by atoms with Gasteiger partial charge < -0.3 is 64.7 Å². The summed E-state index contributed by atoms with van der Waals surface area (Å²) in [5.41, 5.74) is 0. The molecule has 0 spiro atoms. The maximum absolute atomic E-state index is 13.2. The van der Waals surface area contributed by atoms with E-state index in [9.17, 15) is 58.2 Å². The summed E-state index contributed by atoms with van der Waals surface area (Å²) >= 11 is 0. The van der Waals surface area contributed by atoms with E-state index in [1.54, 1.807) is 7.05 Å². The second-order valence-corrected chi connectivity index (χ2v) is 13.0. The van der Waals surface area contributed by atoms with Gasteiger partial charge in [0.25, 0.3) is 0 Å². The lowest BCUT2D eigenvalue weighted by Crippen LogP contribution is -2.55. The molecule has 61 heavy (non-hydrogen) atoms. The van der Waals surface area contributed by atoms with Crippen LogP contribution >= 0.6 is 0 Å². The number of rotatable bonds is 22. The number of amides is 9. The highest BCUT2D eigenvalue weighted by atomic mass is 16.4. The molecule has 0 saturated heterocycles. The first kappa shape index (κ1) is 62.2. The Morgan fingerprint density at radius 1 is 0.393 bits per heavy atom. The van der Waals surface area contributed by atoms with Gasteiger partial charge in [0.15, 0.2) is 0 Å². The minimum Gasteiger partial charge on any atom is -0.480 e. The van der Waals surface area contributed by atoms with Crippen molar-refractivity contribution in [2.45, 2.75) is 53.6 Å². The summed E-state index contributed by atoms with van der Waals surface area (Å²) in [6, 6.07) is -2.87.